The van der Waals surface area contributed by atoms with Crippen molar-refractivity contribution in [1.29, 1.82) is 0 Å². The number of piperazine rings is 1. The molecular formula is C33H40F4N6O2. The first-order valence-corrected chi connectivity index (χ1v) is 15.6. The second-order valence-electron chi connectivity index (χ2n) is 13.3. The summed E-state index contributed by atoms with van der Waals surface area (Å²) in [6.45, 7) is 7.37. The molecule has 3 aliphatic carbocycles. The normalized spacial score (nSPS) is 26.4. The average molecular weight is 629 g/mol. The second kappa shape index (κ2) is 11.9. The van der Waals surface area contributed by atoms with E-state index >= 15 is 0 Å². The molecule has 3 saturated carbocycles. The molecule has 0 amide bonds. The highest BCUT2D eigenvalue weighted by Gasteiger charge is 2.56. The van der Waals surface area contributed by atoms with Crippen molar-refractivity contribution >= 4 is 22.5 Å². The third-order valence-corrected chi connectivity index (χ3v) is 10.4. The van der Waals surface area contributed by atoms with E-state index in [1.54, 1.807) is 35.2 Å². The smallest absolute Gasteiger partial charge is 0.405 e. The number of nitrogens with zero attached hydrogens (tertiary/aromatic N) is 4. The molecule has 0 spiro atoms. The van der Waals surface area contributed by atoms with E-state index in [1.165, 1.54) is 30.5 Å². The molecule has 5 atom stereocenters. The number of hydrogen-bond donors (Lipinski definition) is 2. The van der Waals surface area contributed by atoms with Crippen LogP contribution in [0, 0.1) is 29.0 Å². The fourth-order valence-electron chi connectivity index (χ4n) is 7.43. The van der Waals surface area contributed by atoms with Gasteiger partial charge in [-0.2, -0.15) is 13.2 Å². The summed E-state index contributed by atoms with van der Waals surface area (Å²) >= 11 is 0. The standard InChI is InChI=1S/C33H40F4N6O2/c1-19-25-13-21(32(25,2)3)14-27(19)41-31(42-12-10-38-29(17-42)33(35,36)37)40-22-6-8-24-28(15-22)39-18-43(30(24)44)11-9-20-5-7-23(45-4)16-26(20)34/h5-8,15-16,18-19,21,25,27,29,38H,9-14,17H2,1-4H3,(H,40,41)/t19-,21+,25-,27-,29+/m0/s1. The van der Waals surface area contributed by atoms with Gasteiger partial charge in [-0.05, 0) is 72.3 Å². The number of aliphatic imine (C=N–C) groups is 1. The number of aryl methyl sites for hydroxylation is 2. The van der Waals surface area contributed by atoms with Gasteiger partial charge in [0.15, 0.2) is 5.96 Å². The van der Waals surface area contributed by atoms with Gasteiger partial charge in [-0.1, -0.05) is 26.8 Å². The van der Waals surface area contributed by atoms with Gasteiger partial charge in [0.1, 0.15) is 17.6 Å². The summed E-state index contributed by atoms with van der Waals surface area (Å²) in [7, 11) is 1.47. The van der Waals surface area contributed by atoms with Crippen LogP contribution in [0.5, 0.6) is 5.75 Å². The first-order chi connectivity index (χ1) is 21.3. The van der Waals surface area contributed by atoms with Gasteiger partial charge < -0.3 is 20.3 Å². The quantitative estimate of drug-likeness (QED) is 0.214. The van der Waals surface area contributed by atoms with Crippen LogP contribution in [-0.2, 0) is 13.0 Å². The number of halogens is 4. The number of hydrogen-bond acceptors (Lipinski definition) is 5. The van der Waals surface area contributed by atoms with E-state index in [0.29, 0.717) is 64.6 Å². The van der Waals surface area contributed by atoms with Crippen molar-refractivity contribution in [2.45, 2.75) is 64.8 Å². The van der Waals surface area contributed by atoms with Crippen LogP contribution in [0.2, 0.25) is 0 Å². The lowest BCUT2D eigenvalue weighted by atomic mass is 9.45. The highest BCUT2D eigenvalue weighted by Crippen LogP contribution is 2.61. The zero-order chi connectivity index (χ0) is 32.1. The maximum Gasteiger partial charge on any atom is 0.405 e. The first kappa shape index (κ1) is 31.3. The Bertz CT molecular complexity index is 1650. The topological polar surface area (TPSA) is 83.8 Å². The molecule has 2 heterocycles. The summed E-state index contributed by atoms with van der Waals surface area (Å²) in [5.41, 5.74) is 1.49. The molecule has 1 saturated heterocycles. The van der Waals surface area contributed by atoms with Crippen LogP contribution >= 0.6 is 0 Å². The van der Waals surface area contributed by atoms with E-state index in [9.17, 15) is 22.4 Å². The van der Waals surface area contributed by atoms with Gasteiger partial charge in [-0.25, -0.2) is 14.4 Å². The number of guanidine groups is 1. The molecule has 2 N–H and O–H groups in total. The second-order valence-corrected chi connectivity index (χ2v) is 13.3. The van der Waals surface area contributed by atoms with Crippen molar-refractivity contribution < 1.29 is 22.3 Å². The number of aromatic nitrogens is 2. The molecule has 2 aromatic carbocycles. The largest absolute Gasteiger partial charge is 0.497 e. The zero-order valence-corrected chi connectivity index (χ0v) is 26.0. The van der Waals surface area contributed by atoms with E-state index in [-0.39, 0.29) is 36.7 Å². The van der Waals surface area contributed by atoms with Crippen LogP contribution in [0.3, 0.4) is 0 Å². The monoisotopic (exact) mass is 628 g/mol. The lowest BCUT2D eigenvalue weighted by Gasteiger charge is -2.61. The Hall–Kier alpha value is -3.67. The van der Waals surface area contributed by atoms with Crippen LogP contribution in [0.4, 0.5) is 23.2 Å². The van der Waals surface area contributed by atoms with Gasteiger partial charge in [0.05, 0.1) is 30.4 Å². The molecule has 0 radical (unpaired) electrons. The number of ether oxygens (including phenoxy) is 1. The Balaban J connectivity index is 1.24. The van der Waals surface area contributed by atoms with Crippen molar-refractivity contribution in [2.75, 3.05) is 32.1 Å². The van der Waals surface area contributed by atoms with Gasteiger partial charge >= 0.3 is 6.18 Å². The predicted octanol–water partition coefficient (Wildman–Crippen LogP) is 5.46. The lowest BCUT2D eigenvalue weighted by Crippen LogP contribution is -2.60. The summed E-state index contributed by atoms with van der Waals surface area (Å²) in [4.78, 5) is 24.5. The lowest BCUT2D eigenvalue weighted by molar-refractivity contribution is -0.161. The Morgan fingerprint density at radius 2 is 2.00 bits per heavy atom. The molecule has 7 rings (SSSR count). The number of anilines is 1. The van der Waals surface area contributed by atoms with Crippen molar-refractivity contribution in [3.63, 3.8) is 0 Å². The zero-order valence-electron chi connectivity index (χ0n) is 26.0. The molecule has 2 bridgehead atoms. The molecule has 4 fully saturated rings. The fourth-order valence-corrected chi connectivity index (χ4v) is 7.43. The molecule has 8 nitrogen and oxygen atoms in total. The third kappa shape index (κ3) is 6.13. The molecule has 1 aliphatic heterocycles. The number of benzene rings is 2. The van der Waals surface area contributed by atoms with E-state index in [2.05, 4.69) is 36.4 Å². The van der Waals surface area contributed by atoms with Crippen LogP contribution in [0.15, 0.2) is 52.5 Å². The summed E-state index contributed by atoms with van der Waals surface area (Å²) in [5, 5.41) is 6.28. The maximum atomic E-state index is 14.4. The number of fused-ring (bicyclic) bond motifs is 3. The number of methoxy groups -OCH3 is 1. The number of alkyl halides is 3. The molecule has 4 aliphatic rings. The predicted molar refractivity (Wildman–Crippen MR) is 166 cm³/mol. The molecule has 45 heavy (non-hydrogen) atoms. The Morgan fingerprint density at radius 1 is 1.20 bits per heavy atom. The van der Waals surface area contributed by atoms with E-state index in [4.69, 9.17) is 9.73 Å². The van der Waals surface area contributed by atoms with E-state index in [1.807, 2.05) is 0 Å². The minimum atomic E-state index is -4.38. The van der Waals surface area contributed by atoms with Gasteiger partial charge in [-0.15, -0.1) is 0 Å². The van der Waals surface area contributed by atoms with Crippen molar-refractivity contribution in [3.05, 3.63) is 64.5 Å². The average Bonchev–Trinajstić information content (AvgIpc) is 3.01. The Labute approximate surface area is 259 Å². The first-order valence-electron chi connectivity index (χ1n) is 15.6. The van der Waals surface area contributed by atoms with Crippen molar-refractivity contribution in [1.82, 2.24) is 19.8 Å². The summed E-state index contributed by atoms with van der Waals surface area (Å²) in [6, 6.07) is 8.07. The maximum absolute atomic E-state index is 14.4. The highest BCUT2D eigenvalue weighted by molar-refractivity contribution is 5.96. The van der Waals surface area contributed by atoms with Crippen LogP contribution in [-0.4, -0.2) is 65.4 Å². The molecule has 242 valence electrons. The third-order valence-electron chi connectivity index (χ3n) is 10.4. The highest BCUT2D eigenvalue weighted by atomic mass is 19.4. The van der Waals surface area contributed by atoms with Gasteiger partial charge in [0.2, 0.25) is 0 Å². The minimum absolute atomic E-state index is 0.00446. The SMILES string of the molecule is COc1ccc(CCn2cnc3cc(NC(=N[C@H]4C[C@H]5C[C@@H]([C@@H]4C)C5(C)C)N4CCN[C@@H](C(F)(F)F)C4)ccc3c2=O)c(F)c1. The molecule has 0 unspecified atom stereocenters. The number of rotatable bonds is 6. The summed E-state index contributed by atoms with van der Waals surface area (Å²) in [6.07, 6.45) is -0.559. The van der Waals surface area contributed by atoms with Crippen molar-refractivity contribution in [2.24, 2.45) is 28.2 Å². The fraction of sp³-hybridized carbons (Fsp3) is 0.545. The molecule has 3 aromatic rings. The summed E-state index contributed by atoms with van der Waals surface area (Å²) < 4.78 is 62.0. The van der Waals surface area contributed by atoms with E-state index < -0.39 is 18.0 Å². The molecule has 1 aromatic heterocycles. The van der Waals surface area contributed by atoms with Gasteiger partial charge in [0.25, 0.3) is 5.56 Å². The van der Waals surface area contributed by atoms with Crippen LogP contribution in [0.25, 0.3) is 10.9 Å². The van der Waals surface area contributed by atoms with Gasteiger partial charge in [-0.3, -0.25) is 9.36 Å². The van der Waals surface area contributed by atoms with Crippen molar-refractivity contribution in [3.8, 4) is 5.75 Å². The Kier molecular flexibility index (Phi) is 8.30. The van der Waals surface area contributed by atoms with Crippen LogP contribution in [0.1, 0.15) is 39.2 Å². The summed E-state index contributed by atoms with van der Waals surface area (Å²) in [5.74, 6) is 1.82. The minimum Gasteiger partial charge on any atom is -0.497 e. The van der Waals surface area contributed by atoms with Gasteiger partial charge in [0, 0.05) is 37.9 Å². The molecule has 12 heteroatoms. The Morgan fingerprint density at radius 3 is 2.69 bits per heavy atom. The van der Waals surface area contributed by atoms with E-state index in [0.717, 1.165) is 6.42 Å². The molecular weight excluding hydrogens is 588 g/mol. The number of nitrogens with one attached hydrogen (secondary N) is 2. The van der Waals surface area contributed by atoms with Crippen LogP contribution < -0.4 is 20.9 Å².